The van der Waals surface area contributed by atoms with Gasteiger partial charge < -0.3 is 19.7 Å². The number of nitrogens with zero attached hydrogens (tertiary/aromatic N) is 2. The van der Waals surface area contributed by atoms with Crippen molar-refractivity contribution in [1.29, 1.82) is 0 Å². The molecule has 1 heterocycles. The van der Waals surface area contributed by atoms with E-state index < -0.39 is 0 Å². The summed E-state index contributed by atoms with van der Waals surface area (Å²) < 4.78 is 10.6. The zero-order valence-corrected chi connectivity index (χ0v) is 16.1. The zero-order valence-electron chi connectivity index (χ0n) is 16.1. The standard InChI is InChI=1S/C19H31N3O2/c1-18(2)13-22(19(18,3)4)17(20-5)21-11-10-14-8-9-15(23-6)16(12-14)24-7/h8-9,12H,10-11,13H2,1-7H3,(H,20,21). The Morgan fingerprint density at radius 1 is 1.17 bits per heavy atom. The first kappa shape index (κ1) is 18.4. The second kappa shape index (κ2) is 6.91. The van der Waals surface area contributed by atoms with Crippen LogP contribution < -0.4 is 14.8 Å². The van der Waals surface area contributed by atoms with E-state index in [2.05, 4.69) is 49.0 Å². The lowest BCUT2D eigenvalue weighted by atomic mass is 9.65. The molecule has 0 radical (unpaired) electrons. The third kappa shape index (κ3) is 3.30. The number of guanidine groups is 1. The minimum absolute atomic E-state index is 0.109. The van der Waals surface area contributed by atoms with E-state index >= 15 is 0 Å². The molecule has 0 bridgehead atoms. The van der Waals surface area contributed by atoms with Crippen molar-refractivity contribution in [1.82, 2.24) is 10.2 Å². The molecule has 134 valence electrons. The minimum Gasteiger partial charge on any atom is -0.493 e. The number of ether oxygens (including phenoxy) is 2. The van der Waals surface area contributed by atoms with Gasteiger partial charge in [0.1, 0.15) is 0 Å². The van der Waals surface area contributed by atoms with Crippen LogP contribution in [-0.4, -0.2) is 50.8 Å². The summed E-state index contributed by atoms with van der Waals surface area (Å²) in [6.45, 7) is 11.0. The third-order valence-corrected chi connectivity index (χ3v) is 5.50. The van der Waals surface area contributed by atoms with Crippen molar-refractivity contribution in [3.8, 4) is 11.5 Å². The van der Waals surface area contributed by atoms with Crippen molar-refractivity contribution in [2.75, 3.05) is 34.4 Å². The Hall–Kier alpha value is -1.91. The summed E-state index contributed by atoms with van der Waals surface area (Å²) in [6.07, 6.45) is 0.900. The maximum absolute atomic E-state index is 5.36. The summed E-state index contributed by atoms with van der Waals surface area (Å²) in [4.78, 5) is 6.80. The molecular weight excluding hydrogens is 302 g/mol. The molecule has 2 rings (SSSR count). The van der Waals surface area contributed by atoms with Crippen molar-refractivity contribution >= 4 is 5.96 Å². The first-order valence-corrected chi connectivity index (χ1v) is 8.46. The molecule has 1 aromatic rings. The average molecular weight is 333 g/mol. The molecule has 0 amide bonds. The van der Waals surface area contributed by atoms with Crippen LogP contribution >= 0.6 is 0 Å². The zero-order chi connectivity index (χ0) is 18.0. The number of hydrogen-bond donors (Lipinski definition) is 1. The molecule has 0 aliphatic carbocycles. The Morgan fingerprint density at radius 2 is 1.83 bits per heavy atom. The van der Waals surface area contributed by atoms with Crippen LogP contribution in [-0.2, 0) is 6.42 Å². The minimum atomic E-state index is 0.109. The topological polar surface area (TPSA) is 46.1 Å². The summed E-state index contributed by atoms with van der Waals surface area (Å²) in [6, 6.07) is 6.05. The van der Waals surface area contributed by atoms with E-state index in [0.29, 0.717) is 5.41 Å². The number of nitrogens with one attached hydrogen (secondary N) is 1. The highest BCUT2D eigenvalue weighted by molar-refractivity contribution is 5.82. The van der Waals surface area contributed by atoms with Crippen LogP contribution in [0.5, 0.6) is 11.5 Å². The summed E-state index contributed by atoms with van der Waals surface area (Å²) in [5, 5.41) is 3.48. The van der Waals surface area contributed by atoms with E-state index in [4.69, 9.17) is 9.47 Å². The molecule has 0 spiro atoms. The van der Waals surface area contributed by atoms with Crippen molar-refractivity contribution in [3.05, 3.63) is 23.8 Å². The van der Waals surface area contributed by atoms with Crippen LogP contribution in [0, 0.1) is 5.41 Å². The molecule has 5 heteroatoms. The van der Waals surface area contributed by atoms with E-state index in [1.807, 2.05) is 19.2 Å². The van der Waals surface area contributed by atoms with Crippen molar-refractivity contribution < 1.29 is 9.47 Å². The first-order valence-electron chi connectivity index (χ1n) is 8.46. The first-order chi connectivity index (χ1) is 11.3. The van der Waals surface area contributed by atoms with Crippen LogP contribution in [0.3, 0.4) is 0 Å². The molecule has 5 nitrogen and oxygen atoms in total. The van der Waals surface area contributed by atoms with Gasteiger partial charge in [-0.1, -0.05) is 19.9 Å². The molecule has 0 atom stereocenters. The van der Waals surface area contributed by atoms with Crippen LogP contribution in [0.25, 0.3) is 0 Å². The van der Waals surface area contributed by atoms with Gasteiger partial charge in [-0.25, -0.2) is 0 Å². The predicted molar refractivity (Wildman–Crippen MR) is 99.2 cm³/mol. The van der Waals surface area contributed by atoms with Gasteiger partial charge in [0.2, 0.25) is 0 Å². The van der Waals surface area contributed by atoms with Gasteiger partial charge in [-0.05, 0) is 38.0 Å². The maximum Gasteiger partial charge on any atom is 0.194 e. The average Bonchev–Trinajstić information content (AvgIpc) is 2.56. The van der Waals surface area contributed by atoms with Crippen LogP contribution in [0.4, 0.5) is 0 Å². The van der Waals surface area contributed by atoms with Crippen LogP contribution in [0.15, 0.2) is 23.2 Å². The summed E-state index contributed by atoms with van der Waals surface area (Å²) in [7, 11) is 5.16. The Labute approximate surface area is 146 Å². The molecule has 0 aromatic heterocycles. The molecular formula is C19H31N3O2. The lowest BCUT2D eigenvalue weighted by Gasteiger charge is -2.62. The fraction of sp³-hybridized carbons (Fsp3) is 0.632. The summed E-state index contributed by atoms with van der Waals surface area (Å²) in [5.74, 6) is 2.50. The van der Waals surface area contributed by atoms with E-state index in [0.717, 1.165) is 37.0 Å². The lowest BCUT2D eigenvalue weighted by molar-refractivity contribution is -0.0666. The second-order valence-corrected chi connectivity index (χ2v) is 7.44. The van der Waals surface area contributed by atoms with E-state index in [1.54, 1.807) is 14.2 Å². The number of methoxy groups -OCH3 is 2. The molecule has 1 saturated heterocycles. The lowest BCUT2D eigenvalue weighted by Crippen LogP contribution is -2.72. The fourth-order valence-electron chi connectivity index (χ4n) is 3.05. The highest BCUT2D eigenvalue weighted by Crippen LogP contribution is 2.46. The molecule has 0 saturated carbocycles. The van der Waals surface area contributed by atoms with E-state index in [1.165, 1.54) is 5.56 Å². The van der Waals surface area contributed by atoms with Gasteiger partial charge in [0.15, 0.2) is 17.5 Å². The molecule has 1 N–H and O–H groups in total. The maximum atomic E-state index is 5.36. The quantitative estimate of drug-likeness (QED) is 0.665. The van der Waals surface area contributed by atoms with E-state index in [-0.39, 0.29) is 5.54 Å². The summed E-state index contributed by atoms with van der Waals surface area (Å²) in [5.41, 5.74) is 1.62. The Morgan fingerprint density at radius 3 is 2.33 bits per heavy atom. The monoisotopic (exact) mass is 333 g/mol. The molecule has 1 fully saturated rings. The summed E-state index contributed by atoms with van der Waals surface area (Å²) >= 11 is 0. The van der Waals surface area contributed by atoms with Gasteiger partial charge in [0, 0.05) is 31.1 Å². The third-order valence-electron chi connectivity index (χ3n) is 5.50. The highest BCUT2D eigenvalue weighted by atomic mass is 16.5. The molecule has 1 aliphatic rings. The number of aliphatic imine (C=N–C) groups is 1. The van der Waals surface area contributed by atoms with Gasteiger partial charge in [0.25, 0.3) is 0 Å². The smallest absolute Gasteiger partial charge is 0.194 e. The van der Waals surface area contributed by atoms with E-state index in [9.17, 15) is 0 Å². The second-order valence-electron chi connectivity index (χ2n) is 7.44. The molecule has 1 aromatic carbocycles. The van der Waals surface area contributed by atoms with Gasteiger partial charge >= 0.3 is 0 Å². The van der Waals surface area contributed by atoms with Gasteiger partial charge in [0.05, 0.1) is 14.2 Å². The Bertz CT molecular complexity index is 609. The fourth-order valence-corrected chi connectivity index (χ4v) is 3.05. The number of rotatable bonds is 5. The van der Waals surface area contributed by atoms with Crippen molar-refractivity contribution in [2.24, 2.45) is 10.4 Å². The molecule has 0 unspecified atom stereocenters. The largest absolute Gasteiger partial charge is 0.493 e. The Kier molecular flexibility index (Phi) is 5.31. The van der Waals surface area contributed by atoms with Crippen LogP contribution in [0.1, 0.15) is 33.3 Å². The normalized spacial score (nSPS) is 18.8. The SMILES string of the molecule is CN=C(NCCc1ccc(OC)c(OC)c1)N1CC(C)(C)C1(C)C. The number of hydrogen-bond acceptors (Lipinski definition) is 3. The van der Waals surface area contributed by atoms with Crippen molar-refractivity contribution in [2.45, 2.75) is 39.7 Å². The van der Waals surface area contributed by atoms with Gasteiger partial charge in [-0.2, -0.15) is 0 Å². The highest BCUT2D eigenvalue weighted by Gasteiger charge is 2.53. The van der Waals surface area contributed by atoms with Gasteiger partial charge in [-0.15, -0.1) is 0 Å². The Balaban J connectivity index is 1.94. The molecule has 24 heavy (non-hydrogen) atoms. The number of benzene rings is 1. The van der Waals surface area contributed by atoms with Crippen LogP contribution in [0.2, 0.25) is 0 Å². The molecule has 1 aliphatic heterocycles. The van der Waals surface area contributed by atoms with Gasteiger partial charge in [-0.3, -0.25) is 4.99 Å². The predicted octanol–water partition coefficient (Wildman–Crippen LogP) is 2.94. The van der Waals surface area contributed by atoms with Crippen molar-refractivity contribution in [3.63, 3.8) is 0 Å². The number of likely N-dealkylation sites (tertiary alicyclic amines) is 1.